The summed E-state index contributed by atoms with van der Waals surface area (Å²) >= 11 is 0.829. The summed E-state index contributed by atoms with van der Waals surface area (Å²) < 4.78 is 0. The monoisotopic (exact) mass is 1790 g/mol. The summed E-state index contributed by atoms with van der Waals surface area (Å²) in [7, 11) is 6.54. The third-order valence-corrected chi connectivity index (χ3v) is 23.1. The number of unbranched alkanes of at least 4 members (excludes halogenated alkanes) is 1. The molecule has 1 aliphatic rings. The number of nitrogens with two attached hydrogens (primary N) is 1. The maximum atomic E-state index is 15.5. The number of para-hydroxylation sites is 1. The summed E-state index contributed by atoms with van der Waals surface area (Å²) in [5, 5.41) is 55.6. The average molecular weight is 1800 g/mol. The fourth-order valence-electron chi connectivity index (χ4n) is 14.9. The van der Waals surface area contributed by atoms with Crippen molar-refractivity contribution in [1.82, 2.24) is 77.3 Å². The minimum atomic E-state index is -1.91. The molecule has 1 fully saturated rings. The van der Waals surface area contributed by atoms with E-state index < -0.39 is 199 Å². The number of fused-ring (bicyclic) bond motifs is 1. The highest BCUT2D eigenvalue weighted by molar-refractivity contribution is 8.00. The minimum Gasteiger partial charge on any atom is -0.508 e. The second kappa shape index (κ2) is 48.9. The van der Waals surface area contributed by atoms with Crippen LogP contribution < -0.4 is 53.6 Å². The van der Waals surface area contributed by atoms with Gasteiger partial charge in [0.25, 0.3) is 0 Å². The lowest BCUT2D eigenvalue weighted by Gasteiger charge is -2.37. The number of phenols is 2. The molecule has 1 aliphatic heterocycles. The molecule has 1 aromatic heterocycles. The Morgan fingerprint density at radius 3 is 1.43 bits per heavy atom. The topological polar surface area (TPSA) is 500 Å². The van der Waals surface area contributed by atoms with E-state index in [1.165, 1.54) is 93.6 Å². The smallest absolute Gasteiger partial charge is 0.305 e. The number of carboxylic acid groups (broad SMARTS) is 1. The molecule has 6 aromatic carbocycles. The summed E-state index contributed by atoms with van der Waals surface area (Å²) in [6.07, 6.45) is 0.0924. The quantitative estimate of drug-likeness (QED) is 0.0437. The summed E-state index contributed by atoms with van der Waals surface area (Å²) in [5.74, 6) is -17.4. The van der Waals surface area contributed by atoms with E-state index in [1.807, 2.05) is 6.92 Å². The molecular formula is C93H118N16O19S. The average Bonchev–Trinajstić information content (AvgIpc) is 1.50. The zero-order valence-electron chi connectivity index (χ0n) is 74.1. The summed E-state index contributed by atoms with van der Waals surface area (Å²) in [6.45, 7) is 6.17. The number of amides is 15. The van der Waals surface area contributed by atoms with Gasteiger partial charge in [0.2, 0.25) is 88.6 Å². The van der Waals surface area contributed by atoms with E-state index in [0.717, 1.165) is 26.5 Å². The Kier molecular flexibility index (Phi) is 38.2. The van der Waals surface area contributed by atoms with Gasteiger partial charge >= 0.3 is 5.97 Å². The Labute approximate surface area is 753 Å². The number of hydrogen-bond acceptors (Lipinski definition) is 19. The van der Waals surface area contributed by atoms with Crippen LogP contribution in [0, 0.1) is 11.8 Å². The van der Waals surface area contributed by atoms with Crippen LogP contribution in [0.2, 0.25) is 0 Å². The van der Waals surface area contributed by atoms with E-state index in [9.17, 15) is 58.5 Å². The Morgan fingerprint density at radius 2 is 0.899 bits per heavy atom. The molecule has 2 heterocycles. The maximum Gasteiger partial charge on any atom is 0.305 e. The van der Waals surface area contributed by atoms with Crippen molar-refractivity contribution in [1.29, 1.82) is 0 Å². The first kappa shape index (κ1) is 101. The lowest BCUT2D eigenvalue weighted by molar-refractivity contribution is -0.151. The van der Waals surface area contributed by atoms with Crippen molar-refractivity contribution in [3.05, 3.63) is 203 Å². The van der Waals surface area contributed by atoms with Crippen molar-refractivity contribution in [2.75, 3.05) is 66.4 Å². The highest BCUT2D eigenvalue weighted by Gasteiger charge is 2.42. The number of aliphatic carboxylic acids is 1. The third-order valence-electron chi connectivity index (χ3n) is 22.1. The number of primary amides is 1. The number of rotatable bonds is 23. The molecule has 0 spiro atoms. The number of nitrogens with one attached hydrogen (secondary N) is 10. The van der Waals surface area contributed by atoms with Gasteiger partial charge in [-0.1, -0.05) is 181 Å². The summed E-state index contributed by atoms with van der Waals surface area (Å²) in [5.41, 5.74) is 9.11. The van der Waals surface area contributed by atoms with Gasteiger partial charge in [0.15, 0.2) is 0 Å². The van der Waals surface area contributed by atoms with Crippen LogP contribution in [0.15, 0.2) is 170 Å². The Hall–Kier alpha value is -13.7. The number of benzene rings is 6. The molecule has 690 valence electrons. The van der Waals surface area contributed by atoms with Crippen LogP contribution in [-0.2, 0) is 115 Å². The van der Waals surface area contributed by atoms with Crippen LogP contribution >= 0.6 is 11.8 Å². The van der Waals surface area contributed by atoms with Crippen LogP contribution in [0.4, 0.5) is 0 Å². The van der Waals surface area contributed by atoms with Crippen molar-refractivity contribution in [2.45, 2.75) is 172 Å². The van der Waals surface area contributed by atoms with Crippen molar-refractivity contribution < 1.29 is 92.0 Å². The molecule has 0 saturated carbocycles. The van der Waals surface area contributed by atoms with Gasteiger partial charge in [-0.2, -0.15) is 0 Å². The zero-order valence-corrected chi connectivity index (χ0v) is 74.9. The lowest BCUT2D eigenvalue weighted by Crippen LogP contribution is -2.61. The molecule has 0 unspecified atom stereocenters. The van der Waals surface area contributed by atoms with Crippen LogP contribution in [0.5, 0.6) is 11.5 Å². The van der Waals surface area contributed by atoms with E-state index in [0.29, 0.717) is 57.1 Å². The van der Waals surface area contributed by atoms with Gasteiger partial charge in [-0.3, -0.25) is 76.7 Å². The number of H-pyrrole nitrogens is 1. The first-order valence-corrected chi connectivity index (χ1v) is 43.8. The van der Waals surface area contributed by atoms with E-state index in [4.69, 9.17) is 5.73 Å². The van der Waals surface area contributed by atoms with Crippen molar-refractivity contribution in [2.24, 2.45) is 17.6 Å². The number of carboxylic acids is 1. The first-order valence-electron chi connectivity index (χ1n) is 42.7. The molecule has 129 heavy (non-hydrogen) atoms. The number of carbonyl (C=O) groups is 16. The summed E-state index contributed by atoms with van der Waals surface area (Å²) in [6, 6.07) is 27.2. The molecule has 0 radical (unpaired) electrons. The molecule has 36 heteroatoms. The minimum absolute atomic E-state index is 0.0299. The second-order valence-corrected chi connectivity index (χ2v) is 34.1. The van der Waals surface area contributed by atoms with Gasteiger partial charge in [0.05, 0.1) is 31.8 Å². The maximum absolute atomic E-state index is 15.5. The summed E-state index contributed by atoms with van der Waals surface area (Å²) in [4.78, 5) is 243. The van der Waals surface area contributed by atoms with Crippen LogP contribution in [-0.4, -0.2) is 272 Å². The van der Waals surface area contributed by atoms with Gasteiger partial charge in [-0.05, 0) is 88.4 Å². The van der Waals surface area contributed by atoms with Crippen LogP contribution in [0.3, 0.4) is 0 Å². The van der Waals surface area contributed by atoms with E-state index in [2.05, 4.69) is 52.8 Å². The van der Waals surface area contributed by atoms with Gasteiger partial charge in [-0.25, -0.2) is 0 Å². The Bertz CT molecular complexity index is 5070. The van der Waals surface area contributed by atoms with Crippen molar-refractivity contribution in [3.8, 4) is 11.5 Å². The number of carbonyl (C=O) groups excluding carboxylic acids is 15. The largest absolute Gasteiger partial charge is 0.508 e. The molecule has 15 N–H and O–H groups in total. The Balaban J connectivity index is 1.21. The normalized spacial score (nSPS) is 21.9. The number of thioether (sulfide) groups is 1. The van der Waals surface area contributed by atoms with Crippen LogP contribution in [0.1, 0.15) is 100 Å². The predicted octanol–water partition coefficient (Wildman–Crippen LogP) is 2.33. The first-order chi connectivity index (χ1) is 61.4. The van der Waals surface area contributed by atoms with Gasteiger partial charge in [0.1, 0.15) is 78.0 Å². The Morgan fingerprint density at radius 1 is 0.457 bits per heavy atom. The zero-order chi connectivity index (χ0) is 94.3. The number of aromatic hydroxyl groups is 2. The molecule has 0 bridgehead atoms. The number of aromatic amines is 1. The standard InChI is InChI=1S/C93H118N16O19S/c1-11-12-32-74-91(126)106(7)52-79(114)98-70(48-81(116)117)87(122)104-82(56(4)5)93(128)108(9)75(45-58-26-18-14-19-27-58)88(123)102-71(44-61-35-39-64(111)40-36-61)89(124)105(6)51-78(113)97-69(47-62-49-95-66-31-23-22-30-65(62)66)86(121)101-68(42-60-33-37-63(110)38-34-60)85(120)100-67(41-55(2)3)84(119)103-73(83(118)96-50-77(94)112)53-129-54-80(115)99-72(43-57-24-16-13-17-25-57)90(125)109(10)76(92(127)107(74)8)46-59-28-20-15-21-29-59/h13-31,33-40,49,55-56,67-76,82,95,110-111H,11-12,32,41-48,50-54H2,1-10H3,(H2,94,112)(H,96,118)(H,97,113)(H,98,114)(H,99,115)(H,100,120)(H,101,121)(H,102,123)(H,103,119)(H,104,122)(H,116,117)/t67-,68+,69-,70-,71+,72-,73-,74-,75-,76-,82-/m0/s1. The van der Waals surface area contributed by atoms with Gasteiger partial charge in [0, 0.05) is 96.6 Å². The highest BCUT2D eigenvalue weighted by Crippen LogP contribution is 2.25. The number of nitrogens with zero attached hydrogens (tertiary/aromatic N) is 5. The van der Waals surface area contributed by atoms with Crippen molar-refractivity contribution in [3.63, 3.8) is 0 Å². The fourth-order valence-corrected chi connectivity index (χ4v) is 15.8. The highest BCUT2D eigenvalue weighted by atomic mass is 32.2. The van der Waals surface area contributed by atoms with E-state index in [1.54, 1.807) is 149 Å². The number of likely N-dealkylation sites (N-methyl/N-ethyl adjacent to an activating group) is 5. The molecule has 7 aromatic rings. The molecule has 11 atom stereocenters. The molecule has 0 aliphatic carbocycles. The molecule has 15 amide bonds. The van der Waals surface area contributed by atoms with Crippen molar-refractivity contribution >= 4 is 117 Å². The van der Waals surface area contributed by atoms with Crippen LogP contribution in [0.25, 0.3) is 10.9 Å². The van der Waals surface area contributed by atoms with Gasteiger partial charge < -0.3 is 98.4 Å². The third kappa shape index (κ3) is 30.5. The molecule has 1 saturated heterocycles. The number of hydrogen-bond donors (Lipinski definition) is 14. The second-order valence-electron chi connectivity index (χ2n) is 33.1. The lowest BCUT2D eigenvalue weighted by atomic mass is 9.98. The molecule has 8 rings (SSSR count). The van der Waals surface area contributed by atoms with E-state index >= 15 is 33.6 Å². The van der Waals surface area contributed by atoms with E-state index in [-0.39, 0.29) is 74.5 Å². The predicted molar refractivity (Wildman–Crippen MR) is 482 cm³/mol. The molecule has 35 nitrogen and oxygen atoms in total. The number of aromatic nitrogens is 1. The fraction of sp³-hybridized carbons (Fsp3) is 0.419. The number of phenolic OH excluding ortho intramolecular Hbond substituents is 2. The van der Waals surface area contributed by atoms with Gasteiger partial charge in [-0.15, -0.1) is 11.8 Å². The molecular weight excluding hydrogens is 1680 g/mol. The SMILES string of the molecule is CCCC[C@H]1C(=O)N(C)CC(=O)N[C@@H](CC(=O)O)C(=O)N[C@@H](C(C)C)C(=O)N(C)[C@@H](Cc2ccccc2)C(=O)N[C@H](Cc2ccc(O)cc2)C(=O)N(C)CC(=O)N[C@@H](Cc2c[nH]c3ccccc23)C(=O)N[C@H](Cc2ccc(O)cc2)C(=O)N[C@@H](CC(C)C)C(=O)N[C@H](C(=O)NCC(N)=O)CSCC(=O)N[C@@H](Cc2ccccc2)C(=O)N(C)[C@@H](Cc2ccccc2)C(=O)N1C.